The van der Waals surface area contributed by atoms with E-state index in [-0.39, 0.29) is 11.0 Å². The standard InChI is InChI=1S/C12H12ClN5OS/c1-18-7-8(6-14-18)11(19)16-17-12(20)15-10-4-2-3-9(13)5-10/h2-7H,1H3,(H,16,19)(H2,15,17,20). The number of hydrogen-bond acceptors (Lipinski definition) is 3. The van der Waals surface area contributed by atoms with Gasteiger partial charge in [0, 0.05) is 24.0 Å². The highest BCUT2D eigenvalue weighted by atomic mass is 35.5. The Bertz CT molecular complexity index is 642. The Hall–Kier alpha value is -2.12. The number of amides is 1. The summed E-state index contributed by atoms with van der Waals surface area (Å²) in [5.41, 5.74) is 6.23. The SMILES string of the molecule is Cn1cc(C(=O)NNC(=S)Nc2cccc(Cl)c2)cn1. The number of carbonyl (C=O) groups excluding carboxylic acids is 1. The predicted octanol–water partition coefficient (Wildman–Crippen LogP) is 1.70. The number of benzene rings is 1. The van der Waals surface area contributed by atoms with Gasteiger partial charge in [-0.05, 0) is 30.4 Å². The topological polar surface area (TPSA) is 71.0 Å². The number of hydrogen-bond donors (Lipinski definition) is 3. The summed E-state index contributed by atoms with van der Waals surface area (Å²) in [4.78, 5) is 11.7. The minimum Gasteiger partial charge on any atom is -0.331 e. The molecule has 1 aromatic carbocycles. The molecular weight excluding hydrogens is 298 g/mol. The van der Waals surface area contributed by atoms with Crippen LogP contribution in [0.5, 0.6) is 0 Å². The van der Waals surface area contributed by atoms with Gasteiger partial charge < -0.3 is 5.32 Å². The van der Waals surface area contributed by atoms with Gasteiger partial charge in [0.2, 0.25) is 0 Å². The summed E-state index contributed by atoms with van der Waals surface area (Å²) in [7, 11) is 1.73. The Morgan fingerprint density at radius 1 is 1.40 bits per heavy atom. The molecule has 0 aliphatic rings. The fourth-order valence-corrected chi connectivity index (χ4v) is 1.81. The first kappa shape index (κ1) is 14.3. The summed E-state index contributed by atoms with van der Waals surface area (Å²) in [6.07, 6.45) is 3.06. The van der Waals surface area contributed by atoms with Crippen LogP contribution in [0.25, 0.3) is 0 Å². The Morgan fingerprint density at radius 3 is 2.85 bits per heavy atom. The first-order chi connectivity index (χ1) is 9.54. The molecule has 0 aliphatic heterocycles. The molecule has 8 heteroatoms. The maximum atomic E-state index is 11.7. The van der Waals surface area contributed by atoms with E-state index in [1.54, 1.807) is 31.4 Å². The van der Waals surface area contributed by atoms with Gasteiger partial charge in [0.1, 0.15) is 0 Å². The third kappa shape index (κ3) is 3.94. The number of aromatic nitrogens is 2. The van der Waals surface area contributed by atoms with E-state index in [2.05, 4.69) is 21.3 Å². The molecule has 0 atom stereocenters. The summed E-state index contributed by atoms with van der Waals surface area (Å²) in [5.74, 6) is -0.326. The zero-order valence-electron chi connectivity index (χ0n) is 10.6. The molecule has 2 rings (SSSR count). The predicted molar refractivity (Wildman–Crippen MR) is 81.5 cm³/mol. The smallest absolute Gasteiger partial charge is 0.272 e. The van der Waals surface area contributed by atoms with Crippen molar-refractivity contribution in [2.75, 3.05) is 5.32 Å². The van der Waals surface area contributed by atoms with Gasteiger partial charge in [-0.2, -0.15) is 5.10 Å². The highest BCUT2D eigenvalue weighted by Gasteiger charge is 2.07. The molecule has 3 N–H and O–H groups in total. The van der Waals surface area contributed by atoms with Crippen LogP contribution >= 0.6 is 23.8 Å². The number of halogens is 1. The second-order valence-electron chi connectivity index (χ2n) is 3.95. The maximum absolute atomic E-state index is 11.7. The molecule has 0 saturated carbocycles. The molecule has 0 unspecified atom stereocenters. The second kappa shape index (κ2) is 6.36. The molecule has 0 bridgehead atoms. The first-order valence-electron chi connectivity index (χ1n) is 5.66. The van der Waals surface area contributed by atoms with Gasteiger partial charge in [-0.25, -0.2) is 0 Å². The number of carbonyl (C=O) groups is 1. The fraction of sp³-hybridized carbons (Fsp3) is 0.0833. The number of hydrazine groups is 1. The lowest BCUT2D eigenvalue weighted by Gasteiger charge is -2.11. The number of thiocarbonyl (C=S) groups is 1. The van der Waals surface area contributed by atoms with Crippen molar-refractivity contribution in [3.63, 3.8) is 0 Å². The number of nitrogens with zero attached hydrogens (tertiary/aromatic N) is 2. The van der Waals surface area contributed by atoms with E-state index in [1.807, 2.05) is 6.07 Å². The van der Waals surface area contributed by atoms with Crippen LogP contribution in [0.1, 0.15) is 10.4 Å². The number of rotatable bonds is 2. The molecule has 6 nitrogen and oxygen atoms in total. The van der Waals surface area contributed by atoms with Crippen molar-refractivity contribution in [1.29, 1.82) is 0 Å². The Labute approximate surface area is 126 Å². The van der Waals surface area contributed by atoms with Crippen molar-refractivity contribution < 1.29 is 4.79 Å². The number of anilines is 1. The summed E-state index contributed by atoms with van der Waals surface area (Å²) in [6, 6.07) is 7.08. The molecule has 20 heavy (non-hydrogen) atoms. The van der Waals surface area contributed by atoms with Crippen molar-refractivity contribution in [3.05, 3.63) is 47.2 Å². The molecule has 2 aromatic rings. The van der Waals surface area contributed by atoms with E-state index in [4.69, 9.17) is 23.8 Å². The van der Waals surface area contributed by atoms with E-state index >= 15 is 0 Å². The van der Waals surface area contributed by atoms with Crippen molar-refractivity contribution in [3.8, 4) is 0 Å². The zero-order chi connectivity index (χ0) is 14.5. The molecule has 0 aliphatic carbocycles. The van der Waals surface area contributed by atoms with E-state index in [0.29, 0.717) is 10.6 Å². The van der Waals surface area contributed by atoms with Crippen molar-refractivity contribution >= 4 is 40.5 Å². The molecule has 0 saturated heterocycles. The average Bonchev–Trinajstić information content (AvgIpc) is 2.83. The van der Waals surface area contributed by atoms with Crippen molar-refractivity contribution in [2.24, 2.45) is 7.05 Å². The van der Waals surface area contributed by atoms with Crippen LogP contribution in [0, 0.1) is 0 Å². The Kier molecular flexibility index (Phi) is 4.54. The third-order valence-electron chi connectivity index (χ3n) is 2.34. The van der Waals surface area contributed by atoms with E-state index < -0.39 is 0 Å². The molecule has 0 spiro atoms. The lowest BCUT2D eigenvalue weighted by Crippen LogP contribution is -2.43. The van der Waals surface area contributed by atoms with Gasteiger partial charge in [0.25, 0.3) is 5.91 Å². The van der Waals surface area contributed by atoms with Gasteiger partial charge in [0.15, 0.2) is 5.11 Å². The quantitative estimate of drug-likeness (QED) is 0.582. The first-order valence-corrected chi connectivity index (χ1v) is 6.45. The van der Waals surface area contributed by atoms with Crippen LogP contribution in [0.2, 0.25) is 5.02 Å². The zero-order valence-corrected chi connectivity index (χ0v) is 12.1. The summed E-state index contributed by atoms with van der Waals surface area (Å²) >= 11 is 10.9. The highest BCUT2D eigenvalue weighted by Crippen LogP contribution is 2.14. The fourth-order valence-electron chi connectivity index (χ4n) is 1.45. The van der Waals surface area contributed by atoms with E-state index in [0.717, 1.165) is 5.69 Å². The number of aryl methyl sites for hydroxylation is 1. The normalized spacial score (nSPS) is 9.90. The van der Waals surface area contributed by atoms with Crippen LogP contribution in [0.4, 0.5) is 5.69 Å². The monoisotopic (exact) mass is 309 g/mol. The third-order valence-corrected chi connectivity index (χ3v) is 2.78. The minimum absolute atomic E-state index is 0.254. The molecule has 0 radical (unpaired) electrons. The maximum Gasteiger partial charge on any atom is 0.272 e. The molecule has 1 aromatic heterocycles. The van der Waals surface area contributed by atoms with Crippen LogP contribution < -0.4 is 16.2 Å². The lowest BCUT2D eigenvalue weighted by molar-refractivity contribution is 0.0944. The van der Waals surface area contributed by atoms with Crippen LogP contribution in [-0.2, 0) is 7.05 Å². The van der Waals surface area contributed by atoms with Gasteiger partial charge in [-0.3, -0.25) is 20.3 Å². The Balaban J connectivity index is 1.85. The molecule has 1 heterocycles. The summed E-state index contributed by atoms with van der Waals surface area (Å²) < 4.78 is 1.54. The molecule has 0 fully saturated rings. The van der Waals surface area contributed by atoms with Crippen LogP contribution in [0.3, 0.4) is 0 Å². The van der Waals surface area contributed by atoms with Crippen molar-refractivity contribution in [2.45, 2.75) is 0 Å². The van der Waals surface area contributed by atoms with Gasteiger partial charge in [-0.1, -0.05) is 17.7 Å². The van der Waals surface area contributed by atoms with E-state index in [1.165, 1.54) is 10.9 Å². The Morgan fingerprint density at radius 2 is 2.20 bits per heavy atom. The largest absolute Gasteiger partial charge is 0.331 e. The van der Waals surface area contributed by atoms with Crippen molar-refractivity contribution in [1.82, 2.24) is 20.6 Å². The van der Waals surface area contributed by atoms with Gasteiger partial charge in [0.05, 0.1) is 11.8 Å². The summed E-state index contributed by atoms with van der Waals surface area (Å²) in [5, 5.41) is 7.65. The summed E-state index contributed by atoms with van der Waals surface area (Å²) in [6.45, 7) is 0. The lowest BCUT2D eigenvalue weighted by atomic mass is 10.3. The molecule has 104 valence electrons. The van der Waals surface area contributed by atoms with E-state index in [9.17, 15) is 4.79 Å². The minimum atomic E-state index is -0.326. The average molecular weight is 310 g/mol. The molecule has 1 amide bonds. The molecular formula is C12H12ClN5OS. The number of nitrogens with one attached hydrogen (secondary N) is 3. The van der Waals surface area contributed by atoms with Crippen LogP contribution in [0.15, 0.2) is 36.7 Å². The van der Waals surface area contributed by atoms with Gasteiger partial charge in [-0.15, -0.1) is 0 Å². The van der Waals surface area contributed by atoms with Crippen LogP contribution in [-0.4, -0.2) is 20.8 Å². The highest BCUT2D eigenvalue weighted by molar-refractivity contribution is 7.80. The second-order valence-corrected chi connectivity index (χ2v) is 4.79. The van der Waals surface area contributed by atoms with Gasteiger partial charge >= 0.3 is 0 Å².